The number of aromatic nitrogens is 2. The summed E-state index contributed by atoms with van der Waals surface area (Å²) in [6.07, 6.45) is 1.99. The van der Waals surface area contributed by atoms with Crippen LogP contribution >= 0.6 is 0 Å². The fraction of sp³-hybridized carbons (Fsp3) is 0.294. The normalized spacial score (nSPS) is 14.5. The number of aromatic amines is 1. The van der Waals surface area contributed by atoms with E-state index in [0.717, 1.165) is 29.7 Å². The van der Waals surface area contributed by atoms with Gasteiger partial charge in [0.2, 0.25) is 0 Å². The van der Waals surface area contributed by atoms with E-state index in [9.17, 15) is 4.79 Å². The minimum Gasteiger partial charge on any atom is -0.423 e. The Morgan fingerprint density at radius 1 is 1.32 bits per heavy atom. The number of fused-ring (bicyclic) bond motifs is 1. The highest BCUT2D eigenvalue weighted by atomic mass is 16.4. The van der Waals surface area contributed by atoms with Crippen molar-refractivity contribution in [3.63, 3.8) is 0 Å². The van der Waals surface area contributed by atoms with Crippen LogP contribution in [0.3, 0.4) is 0 Å². The standard InChI is InChI=1S/C17H17N3O2/c1-10-9-13(11(2)18-10)16(21)20(12-7-8-12)17-19-14-5-3-4-6-15(14)22-17/h3-6,9,12,18H,7-8H2,1-2H3. The molecule has 0 unspecified atom stereocenters. The molecule has 112 valence electrons. The van der Waals surface area contributed by atoms with E-state index in [1.165, 1.54) is 0 Å². The molecule has 1 saturated carbocycles. The Bertz CT molecular complexity index is 825. The Labute approximate surface area is 127 Å². The second-order valence-corrected chi connectivity index (χ2v) is 5.86. The van der Waals surface area contributed by atoms with Crippen LogP contribution in [0.15, 0.2) is 34.7 Å². The Hall–Kier alpha value is -2.56. The van der Waals surface area contributed by atoms with Crippen LogP contribution in [0.4, 0.5) is 6.01 Å². The molecule has 1 N–H and O–H groups in total. The lowest BCUT2D eigenvalue weighted by atomic mass is 10.2. The number of oxazole rings is 1. The van der Waals surface area contributed by atoms with E-state index in [2.05, 4.69) is 9.97 Å². The number of anilines is 1. The summed E-state index contributed by atoms with van der Waals surface area (Å²) in [5.41, 5.74) is 4.03. The number of amides is 1. The number of H-pyrrole nitrogens is 1. The summed E-state index contributed by atoms with van der Waals surface area (Å²) in [4.78, 5) is 22.3. The highest BCUT2D eigenvalue weighted by Gasteiger charge is 2.38. The molecule has 0 atom stereocenters. The van der Waals surface area contributed by atoms with E-state index in [4.69, 9.17) is 4.42 Å². The second kappa shape index (κ2) is 4.73. The molecule has 0 bridgehead atoms. The van der Waals surface area contributed by atoms with Gasteiger partial charge in [-0.25, -0.2) is 0 Å². The van der Waals surface area contributed by atoms with Gasteiger partial charge in [0.25, 0.3) is 5.91 Å². The van der Waals surface area contributed by atoms with Gasteiger partial charge in [0.1, 0.15) is 5.52 Å². The van der Waals surface area contributed by atoms with Crippen molar-refractivity contribution in [1.82, 2.24) is 9.97 Å². The first-order valence-electron chi connectivity index (χ1n) is 7.49. The zero-order chi connectivity index (χ0) is 15.3. The summed E-state index contributed by atoms with van der Waals surface area (Å²) < 4.78 is 5.80. The Morgan fingerprint density at radius 2 is 2.09 bits per heavy atom. The molecule has 2 heterocycles. The first-order valence-corrected chi connectivity index (χ1v) is 7.49. The van der Waals surface area contributed by atoms with Crippen molar-refractivity contribution in [1.29, 1.82) is 0 Å². The third-order valence-corrected chi connectivity index (χ3v) is 4.00. The molecule has 5 nitrogen and oxygen atoms in total. The molecule has 0 radical (unpaired) electrons. The molecule has 0 saturated heterocycles. The predicted octanol–water partition coefficient (Wildman–Crippen LogP) is 3.58. The van der Waals surface area contributed by atoms with Crippen molar-refractivity contribution in [3.05, 3.63) is 47.3 Å². The van der Waals surface area contributed by atoms with Gasteiger partial charge in [-0.05, 0) is 44.9 Å². The van der Waals surface area contributed by atoms with E-state index in [1.54, 1.807) is 4.90 Å². The molecular weight excluding hydrogens is 278 g/mol. The molecule has 1 fully saturated rings. The lowest BCUT2D eigenvalue weighted by Gasteiger charge is -2.17. The molecule has 2 aromatic heterocycles. The van der Waals surface area contributed by atoms with E-state index in [-0.39, 0.29) is 11.9 Å². The molecule has 22 heavy (non-hydrogen) atoms. The number of carbonyl (C=O) groups is 1. The summed E-state index contributed by atoms with van der Waals surface area (Å²) in [6, 6.07) is 10.0. The number of nitrogens with one attached hydrogen (secondary N) is 1. The van der Waals surface area contributed by atoms with Crippen LogP contribution in [0.25, 0.3) is 11.1 Å². The average molecular weight is 295 g/mol. The molecule has 4 rings (SSSR count). The van der Waals surface area contributed by atoms with Gasteiger partial charge in [0.15, 0.2) is 5.58 Å². The molecule has 1 aliphatic carbocycles. The van der Waals surface area contributed by atoms with Crippen LogP contribution in [0.5, 0.6) is 0 Å². The molecule has 0 aliphatic heterocycles. The maximum absolute atomic E-state index is 12.9. The van der Waals surface area contributed by atoms with Crippen molar-refractivity contribution in [3.8, 4) is 0 Å². The Kier molecular flexibility index (Phi) is 2.82. The van der Waals surface area contributed by atoms with Crippen molar-refractivity contribution in [2.45, 2.75) is 32.7 Å². The summed E-state index contributed by atoms with van der Waals surface area (Å²) in [5, 5.41) is 0. The fourth-order valence-corrected chi connectivity index (χ4v) is 2.78. The lowest BCUT2D eigenvalue weighted by molar-refractivity contribution is 0.0979. The molecule has 5 heteroatoms. The maximum atomic E-state index is 12.9. The monoisotopic (exact) mass is 295 g/mol. The van der Waals surface area contributed by atoms with Crippen LogP contribution in [0, 0.1) is 13.8 Å². The summed E-state index contributed by atoms with van der Waals surface area (Å²) in [7, 11) is 0. The molecular formula is C17H17N3O2. The summed E-state index contributed by atoms with van der Waals surface area (Å²) in [5.74, 6) is -0.0455. The minimum absolute atomic E-state index is 0.0455. The topological polar surface area (TPSA) is 62.1 Å². The number of carbonyl (C=O) groups excluding carboxylic acids is 1. The van der Waals surface area contributed by atoms with Gasteiger partial charge in [-0.15, -0.1) is 0 Å². The van der Waals surface area contributed by atoms with Gasteiger partial charge in [0, 0.05) is 17.4 Å². The highest BCUT2D eigenvalue weighted by molar-refractivity contribution is 6.07. The molecule has 1 aliphatic rings. The number of para-hydroxylation sites is 2. The number of nitrogens with zero attached hydrogens (tertiary/aromatic N) is 2. The number of aryl methyl sites for hydroxylation is 2. The number of hydrogen-bond acceptors (Lipinski definition) is 3. The maximum Gasteiger partial charge on any atom is 0.305 e. The third-order valence-electron chi connectivity index (χ3n) is 4.00. The number of rotatable bonds is 3. The molecule has 1 aromatic carbocycles. The smallest absolute Gasteiger partial charge is 0.305 e. The van der Waals surface area contributed by atoms with Crippen LogP contribution in [-0.4, -0.2) is 21.9 Å². The first-order chi connectivity index (χ1) is 10.6. The van der Waals surface area contributed by atoms with Crippen molar-refractivity contribution >= 4 is 23.0 Å². The Balaban J connectivity index is 1.77. The third kappa shape index (κ3) is 2.09. The zero-order valence-electron chi connectivity index (χ0n) is 12.6. The quantitative estimate of drug-likeness (QED) is 0.803. The van der Waals surface area contributed by atoms with Gasteiger partial charge in [-0.3, -0.25) is 9.69 Å². The number of benzene rings is 1. The van der Waals surface area contributed by atoms with Crippen LogP contribution in [-0.2, 0) is 0 Å². The van der Waals surface area contributed by atoms with Crippen LogP contribution in [0.1, 0.15) is 34.6 Å². The first kappa shape index (κ1) is 13.1. The highest BCUT2D eigenvalue weighted by Crippen LogP contribution is 2.34. The lowest BCUT2D eigenvalue weighted by Crippen LogP contribution is -2.33. The Morgan fingerprint density at radius 3 is 2.73 bits per heavy atom. The second-order valence-electron chi connectivity index (χ2n) is 5.86. The molecule has 3 aromatic rings. The van der Waals surface area contributed by atoms with Gasteiger partial charge in [0.05, 0.1) is 5.56 Å². The van der Waals surface area contributed by atoms with E-state index in [0.29, 0.717) is 17.2 Å². The van der Waals surface area contributed by atoms with Crippen LogP contribution < -0.4 is 4.90 Å². The largest absolute Gasteiger partial charge is 0.423 e. The minimum atomic E-state index is -0.0455. The van der Waals surface area contributed by atoms with Crippen LogP contribution in [0.2, 0.25) is 0 Å². The van der Waals surface area contributed by atoms with Gasteiger partial charge in [-0.1, -0.05) is 12.1 Å². The number of hydrogen-bond donors (Lipinski definition) is 1. The molecule has 0 spiro atoms. The SMILES string of the molecule is Cc1cc(C(=O)N(c2nc3ccccc3o2)C2CC2)c(C)[nH]1. The predicted molar refractivity (Wildman–Crippen MR) is 84.1 cm³/mol. The summed E-state index contributed by atoms with van der Waals surface area (Å²) in [6.45, 7) is 3.86. The van der Waals surface area contributed by atoms with Gasteiger partial charge in [-0.2, -0.15) is 4.98 Å². The average Bonchev–Trinajstić information content (AvgIpc) is 3.12. The fourth-order valence-electron chi connectivity index (χ4n) is 2.78. The van der Waals surface area contributed by atoms with E-state index < -0.39 is 0 Å². The molecule has 1 amide bonds. The van der Waals surface area contributed by atoms with Crippen molar-refractivity contribution in [2.24, 2.45) is 0 Å². The van der Waals surface area contributed by atoms with E-state index in [1.807, 2.05) is 44.2 Å². The van der Waals surface area contributed by atoms with Gasteiger partial charge < -0.3 is 9.40 Å². The van der Waals surface area contributed by atoms with Crippen molar-refractivity contribution in [2.75, 3.05) is 4.90 Å². The van der Waals surface area contributed by atoms with Gasteiger partial charge >= 0.3 is 6.01 Å². The summed E-state index contributed by atoms with van der Waals surface area (Å²) >= 11 is 0. The zero-order valence-corrected chi connectivity index (χ0v) is 12.6. The van der Waals surface area contributed by atoms with Crippen molar-refractivity contribution < 1.29 is 9.21 Å². The van der Waals surface area contributed by atoms with E-state index >= 15 is 0 Å².